The highest BCUT2D eigenvalue weighted by Gasteiger charge is 2.33. The fraction of sp³-hybridized carbons (Fsp3) is 0.600. The van der Waals surface area contributed by atoms with Crippen LogP contribution in [0, 0.1) is 17.2 Å². The van der Waals surface area contributed by atoms with Crippen molar-refractivity contribution in [1.29, 1.82) is 5.26 Å². The van der Waals surface area contributed by atoms with Gasteiger partial charge in [0.15, 0.2) is 0 Å². The number of pyridine rings is 1. The van der Waals surface area contributed by atoms with Gasteiger partial charge in [0.1, 0.15) is 11.8 Å². The number of rotatable bonds is 2. The fourth-order valence-corrected chi connectivity index (χ4v) is 3.60. The Kier molecular flexibility index (Phi) is 3.19. The molecule has 1 saturated heterocycles. The SMILES string of the molecule is N#Cc1cc(N2CCCC2C2CCCC2)ccn1. The van der Waals surface area contributed by atoms with E-state index in [1.54, 1.807) is 6.20 Å². The average Bonchev–Trinajstić information content (AvgIpc) is 3.09. The molecule has 1 unspecified atom stereocenters. The van der Waals surface area contributed by atoms with E-state index in [1.165, 1.54) is 44.2 Å². The van der Waals surface area contributed by atoms with E-state index in [9.17, 15) is 0 Å². The van der Waals surface area contributed by atoms with Gasteiger partial charge in [0.05, 0.1) is 0 Å². The van der Waals surface area contributed by atoms with Crippen molar-refractivity contribution in [2.24, 2.45) is 5.92 Å². The summed E-state index contributed by atoms with van der Waals surface area (Å²) >= 11 is 0. The van der Waals surface area contributed by atoms with E-state index in [0.29, 0.717) is 11.7 Å². The number of hydrogen-bond donors (Lipinski definition) is 0. The molecule has 94 valence electrons. The molecule has 0 N–H and O–H groups in total. The molecular weight excluding hydrogens is 222 g/mol. The van der Waals surface area contributed by atoms with Crippen LogP contribution in [0.4, 0.5) is 5.69 Å². The maximum Gasteiger partial charge on any atom is 0.142 e. The predicted molar refractivity (Wildman–Crippen MR) is 71.3 cm³/mol. The molecule has 1 aliphatic carbocycles. The number of nitrogens with zero attached hydrogens (tertiary/aromatic N) is 3. The van der Waals surface area contributed by atoms with Crippen LogP contribution in [0.2, 0.25) is 0 Å². The molecule has 2 fully saturated rings. The summed E-state index contributed by atoms with van der Waals surface area (Å²) in [5, 5.41) is 8.95. The molecule has 1 atom stereocenters. The third-order valence-corrected chi connectivity index (χ3v) is 4.43. The second-order valence-corrected chi connectivity index (χ2v) is 5.46. The number of aromatic nitrogens is 1. The van der Waals surface area contributed by atoms with Crippen molar-refractivity contribution in [3.8, 4) is 6.07 Å². The summed E-state index contributed by atoms with van der Waals surface area (Å²) in [5.74, 6) is 0.867. The fourth-order valence-electron chi connectivity index (χ4n) is 3.60. The van der Waals surface area contributed by atoms with Gasteiger partial charge in [0.2, 0.25) is 0 Å². The van der Waals surface area contributed by atoms with Gasteiger partial charge in [-0.2, -0.15) is 5.26 Å². The van der Waals surface area contributed by atoms with Crippen LogP contribution in [0.1, 0.15) is 44.2 Å². The first-order valence-electron chi connectivity index (χ1n) is 7.01. The molecule has 2 aliphatic rings. The third-order valence-electron chi connectivity index (χ3n) is 4.43. The third kappa shape index (κ3) is 2.08. The van der Waals surface area contributed by atoms with E-state index >= 15 is 0 Å². The zero-order valence-electron chi connectivity index (χ0n) is 10.7. The first kappa shape index (κ1) is 11.5. The molecule has 1 aromatic heterocycles. The number of nitriles is 1. The van der Waals surface area contributed by atoms with E-state index in [4.69, 9.17) is 5.26 Å². The van der Waals surface area contributed by atoms with Crippen molar-refractivity contribution < 1.29 is 0 Å². The lowest BCUT2D eigenvalue weighted by molar-refractivity contribution is 0.431. The first-order valence-corrected chi connectivity index (χ1v) is 7.01. The van der Waals surface area contributed by atoms with Crippen molar-refractivity contribution in [1.82, 2.24) is 4.98 Å². The summed E-state index contributed by atoms with van der Waals surface area (Å²) in [4.78, 5) is 6.58. The summed E-state index contributed by atoms with van der Waals surface area (Å²) in [6.45, 7) is 1.13. The maximum absolute atomic E-state index is 8.95. The summed E-state index contributed by atoms with van der Waals surface area (Å²) in [6, 6.07) is 6.82. The van der Waals surface area contributed by atoms with Crippen molar-refractivity contribution in [3.05, 3.63) is 24.0 Å². The van der Waals surface area contributed by atoms with Crippen molar-refractivity contribution in [2.75, 3.05) is 11.4 Å². The molecule has 0 radical (unpaired) electrons. The molecular formula is C15H19N3. The molecule has 3 heteroatoms. The Hall–Kier alpha value is -1.56. The molecule has 1 aromatic rings. The van der Waals surface area contributed by atoms with Crippen LogP contribution in [0.25, 0.3) is 0 Å². The molecule has 18 heavy (non-hydrogen) atoms. The molecule has 0 amide bonds. The Morgan fingerprint density at radius 1 is 1.22 bits per heavy atom. The van der Waals surface area contributed by atoms with Crippen molar-refractivity contribution in [3.63, 3.8) is 0 Å². The Morgan fingerprint density at radius 2 is 2.06 bits per heavy atom. The van der Waals surface area contributed by atoms with E-state index in [1.807, 2.05) is 12.1 Å². The molecule has 0 bridgehead atoms. The van der Waals surface area contributed by atoms with E-state index < -0.39 is 0 Å². The molecule has 1 saturated carbocycles. The Labute approximate surface area is 108 Å². The average molecular weight is 241 g/mol. The van der Waals surface area contributed by atoms with Crippen LogP contribution in [0.3, 0.4) is 0 Å². The van der Waals surface area contributed by atoms with Gasteiger partial charge in [-0.3, -0.25) is 0 Å². The van der Waals surface area contributed by atoms with Gasteiger partial charge in [0.25, 0.3) is 0 Å². The minimum atomic E-state index is 0.532. The molecule has 3 rings (SSSR count). The van der Waals surface area contributed by atoms with Gasteiger partial charge < -0.3 is 4.90 Å². The van der Waals surface area contributed by atoms with Crippen LogP contribution in [0.5, 0.6) is 0 Å². The summed E-state index contributed by atoms with van der Waals surface area (Å²) < 4.78 is 0. The second-order valence-electron chi connectivity index (χ2n) is 5.46. The lowest BCUT2D eigenvalue weighted by Crippen LogP contribution is -2.34. The highest BCUT2D eigenvalue weighted by Crippen LogP contribution is 2.37. The maximum atomic E-state index is 8.95. The van der Waals surface area contributed by atoms with Crippen LogP contribution in [-0.2, 0) is 0 Å². The minimum absolute atomic E-state index is 0.532. The van der Waals surface area contributed by atoms with Gasteiger partial charge in [-0.1, -0.05) is 12.8 Å². The molecule has 0 aromatic carbocycles. The first-order chi connectivity index (χ1) is 8.88. The zero-order valence-corrected chi connectivity index (χ0v) is 10.7. The van der Waals surface area contributed by atoms with E-state index in [2.05, 4.69) is 16.0 Å². The van der Waals surface area contributed by atoms with Crippen molar-refractivity contribution in [2.45, 2.75) is 44.6 Å². The summed E-state index contributed by atoms with van der Waals surface area (Å²) in [6.07, 6.45) is 9.93. The van der Waals surface area contributed by atoms with Crippen LogP contribution < -0.4 is 4.90 Å². The van der Waals surface area contributed by atoms with Gasteiger partial charge in [0, 0.05) is 24.5 Å². The number of hydrogen-bond acceptors (Lipinski definition) is 3. The Balaban J connectivity index is 1.83. The van der Waals surface area contributed by atoms with E-state index in [0.717, 1.165) is 12.5 Å². The van der Waals surface area contributed by atoms with Crippen LogP contribution in [0.15, 0.2) is 18.3 Å². The van der Waals surface area contributed by atoms with Gasteiger partial charge in [-0.25, -0.2) is 4.98 Å². The van der Waals surface area contributed by atoms with Gasteiger partial charge in [-0.15, -0.1) is 0 Å². The lowest BCUT2D eigenvalue weighted by atomic mass is 9.96. The quantitative estimate of drug-likeness (QED) is 0.798. The second kappa shape index (κ2) is 4.97. The normalized spacial score (nSPS) is 24.4. The molecule has 1 aliphatic heterocycles. The Bertz CT molecular complexity index is 457. The smallest absolute Gasteiger partial charge is 0.142 e. The number of anilines is 1. The monoisotopic (exact) mass is 241 g/mol. The lowest BCUT2D eigenvalue weighted by Gasteiger charge is -2.31. The predicted octanol–water partition coefficient (Wildman–Crippen LogP) is 3.11. The molecule has 0 spiro atoms. The van der Waals surface area contributed by atoms with Crippen molar-refractivity contribution >= 4 is 5.69 Å². The summed E-state index contributed by atoms with van der Waals surface area (Å²) in [5.41, 5.74) is 1.72. The van der Waals surface area contributed by atoms with Gasteiger partial charge >= 0.3 is 0 Å². The van der Waals surface area contributed by atoms with Crippen LogP contribution >= 0.6 is 0 Å². The molecule has 3 nitrogen and oxygen atoms in total. The van der Waals surface area contributed by atoms with Gasteiger partial charge in [-0.05, 0) is 43.7 Å². The standard InChI is InChI=1S/C15H19N3/c16-11-13-10-14(7-8-17-13)18-9-3-6-15(18)12-4-1-2-5-12/h7-8,10,12,15H,1-6,9H2. The molecule has 2 heterocycles. The van der Waals surface area contributed by atoms with Crippen LogP contribution in [-0.4, -0.2) is 17.6 Å². The van der Waals surface area contributed by atoms with E-state index in [-0.39, 0.29) is 0 Å². The highest BCUT2D eigenvalue weighted by atomic mass is 15.2. The zero-order chi connectivity index (χ0) is 12.4. The largest absolute Gasteiger partial charge is 0.368 e. The highest BCUT2D eigenvalue weighted by molar-refractivity contribution is 5.50. The Morgan fingerprint density at radius 3 is 2.83 bits per heavy atom. The minimum Gasteiger partial charge on any atom is -0.368 e. The summed E-state index contributed by atoms with van der Waals surface area (Å²) in [7, 11) is 0. The topological polar surface area (TPSA) is 39.9 Å².